The molecule has 1 aliphatic rings. The molecule has 1 unspecified atom stereocenters. The second-order valence-corrected chi connectivity index (χ2v) is 4.80. The Morgan fingerprint density at radius 1 is 1.26 bits per heavy atom. The highest BCUT2D eigenvalue weighted by atomic mass is 15.1. The molecule has 0 saturated carbocycles. The van der Waals surface area contributed by atoms with Gasteiger partial charge in [0.15, 0.2) is 0 Å². The molecule has 0 aliphatic carbocycles. The van der Waals surface area contributed by atoms with Gasteiger partial charge in [0.05, 0.1) is 5.69 Å². The summed E-state index contributed by atoms with van der Waals surface area (Å²) >= 11 is 0. The van der Waals surface area contributed by atoms with E-state index >= 15 is 0 Å². The van der Waals surface area contributed by atoms with E-state index in [1.807, 2.05) is 31.3 Å². The smallest absolute Gasteiger partial charge is 0.228 e. The van der Waals surface area contributed by atoms with Gasteiger partial charge in [-0.2, -0.15) is 0 Å². The van der Waals surface area contributed by atoms with Crippen molar-refractivity contribution in [1.29, 1.82) is 0 Å². The lowest BCUT2D eigenvalue weighted by Gasteiger charge is -2.11. The molecule has 1 saturated heterocycles. The SMILES string of the molecule is Cc1ccc(Nc2nccc(C3CCCN3)n2)nc1. The summed E-state index contributed by atoms with van der Waals surface area (Å²) < 4.78 is 0. The molecule has 2 aromatic rings. The third-order valence-electron chi connectivity index (χ3n) is 3.25. The Morgan fingerprint density at radius 2 is 2.21 bits per heavy atom. The van der Waals surface area contributed by atoms with E-state index in [-0.39, 0.29) is 0 Å². The Labute approximate surface area is 112 Å². The molecule has 0 radical (unpaired) electrons. The molecule has 3 heterocycles. The summed E-state index contributed by atoms with van der Waals surface area (Å²) in [5.74, 6) is 1.37. The maximum absolute atomic E-state index is 4.55. The van der Waals surface area contributed by atoms with Crippen molar-refractivity contribution in [2.75, 3.05) is 11.9 Å². The van der Waals surface area contributed by atoms with Gasteiger partial charge in [-0.1, -0.05) is 6.07 Å². The molecular formula is C14H17N5. The van der Waals surface area contributed by atoms with Crippen LogP contribution < -0.4 is 10.6 Å². The first-order valence-electron chi connectivity index (χ1n) is 6.57. The standard InChI is InChI=1S/C14H17N5/c1-10-4-5-13(17-9-10)19-14-16-8-6-12(18-14)11-3-2-7-15-11/h4-6,8-9,11,15H,2-3,7H2,1H3,(H,16,17,18,19). The quantitative estimate of drug-likeness (QED) is 0.881. The van der Waals surface area contributed by atoms with E-state index in [0.717, 1.165) is 30.0 Å². The minimum Gasteiger partial charge on any atom is -0.309 e. The molecule has 19 heavy (non-hydrogen) atoms. The Bertz CT molecular complexity index is 546. The van der Waals surface area contributed by atoms with Crippen molar-refractivity contribution in [3.8, 4) is 0 Å². The van der Waals surface area contributed by atoms with Crippen molar-refractivity contribution in [3.63, 3.8) is 0 Å². The fourth-order valence-corrected chi connectivity index (χ4v) is 2.22. The molecule has 5 heteroatoms. The second-order valence-electron chi connectivity index (χ2n) is 4.80. The normalized spacial score (nSPS) is 18.5. The number of nitrogens with one attached hydrogen (secondary N) is 2. The maximum atomic E-state index is 4.55. The lowest BCUT2D eigenvalue weighted by molar-refractivity contribution is 0.626. The van der Waals surface area contributed by atoms with Crippen molar-refractivity contribution >= 4 is 11.8 Å². The third kappa shape index (κ3) is 2.88. The molecular weight excluding hydrogens is 238 g/mol. The number of aryl methyl sites for hydroxylation is 1. The molecule has 0 amide bonds. The average Bonchev–Trinajstić information content (AvgIpc) is 2.96. The van der Waals surface area contributed by atoms with Crippen LogP contribution in [0.15, 0.2) is 30.6 Å². The summed E-state index contributed by atoms with van der Waals surface area (Å²) in [5, 5.41) is 6.57. The summed E-state index contributed by atoms with van der Waals surface area (Å²) in [6.07, 6.45) is 5.96. The first kappa shape index (κ1) is 12.0. The van der Waals surface area contributed by atoms with Gasteiger partial charge in [0.25, 0.3) is 0 Å². The molecule has 5 nitrogen and oxygen atoms in total. The molecule has 1 fully saturated rings. The van der Waals surface area contributed by atoms with Crippen LogP contribution in [-0.2, 0) is 0 Å². The van der Waals surface area contributed by atoms with E-state index in [1.54, 1.807) is 6.20 Å². The van der Waals surface area contributed by atoms with Gasteiger partial charge in [-0.05, 0) is 44.0 Å². The monoisotopic (exact) mass is 255 g/mol. The minimum atomic E-state index is 0.356. The first-order valence-corrected chi connectivity index (χ1v) is 6.57. The minimum absolute atomic E-state index is 0.356. The van der Waals surface area contributed by atoms with Gasteiger partial charge < -0.3 is 10.6 Å². The second kappa shape index (κ2) is 5.32. The van der Waals surface area contributed by atoms with Crippen LogP contribution in [0, 0.1) is 6.92 Å². The van der Waals surface area contributed by atoms with Crippen molar-refractivity contribution in [2.24, 2.45) is 0 Å². The zero-order valence-electron chi connectivity index (χ0n) is 10.9. The van der Waals surface area contributed by atoms with Gasteiger partial charge in [0.2, 0.25) is 5.95 Å². The van der Waals surface area contributed by atoms with Crippen molar-refractivity contribution in [1.82, 2.24) is 20.3 Å². The summed E-state index contributed by atoms with van der Waals surface area (Å²) in [5.41, 5.74) is 2.18. The number of anilines is 2. The number of hydrogen-bond donors (Lipinski definition) is 2. The van der Waals surface area contributed by atoms with Gasteiger partial charge in [0, 0.05) is 18.4 Å². The van der Waals surface area contributed by atoms with E-state index in [4.69, 9.17) is 0 Å². The highest BCUT2D eigenvalue weighted by Crippen LogP contribution is 2.22. The molecule has 98 valence electrons. The van der Waals surface area contributed by atoms with Crippen LogP contribution in [0.1, 0.15) is 30.1 Å². The van der Waals surface area contributed by atoms with Gasteiger partial charge in [-0.15, -0.1) is 0 Å². The fraction of sp³-hybridized carbons (Fsp3) is 0.357. The van der Waals surface area contributed by atoms with Gasteiger partial charge in [0.1, 0.15) is 5.82 Å². The van der Waals surface area contributed by atoms with Gasteiger partial charge in [-0.25, -0.2) is 15.0 Å². The lowest BCUT2D eigenvalue weighted by atomic mass is 10.1. The third-order valence-corrected chi connectivity index (χ3v) is 3.25. The van der Waals surface area contributed by atoms with Crippen LogP contribution in [0.3, 0.4) is 0 Å². The van der Waals surface area contributed by atoms with E-state index in [1.165, 1.54) is 6.42 Å². The van der Waals surface area contributed by atoms with Crippen LogP contribution in [0.25, 0.3) is 0 Å². The summed E-state index contributed by atoms with van der Waals surface area (Å²) in [6.45, 7) is 3.08. The number of pyridine rings is 1. The molecule has 0 spiro atoms. The summed E-state index contributed by atoms with van der Waals surface area (Å²) in [4.78, 5) is 13.1. The van der Waals surface area contributed by atoms with Crippen LogP contribution in [0.2, 0.25) is 0 Å². The number of hydrogen-bond acceptors (Lipinski definition) is 5. The molecule has 1 aliphatic heterocycles. The van der Waals surface area contributed by atoms with E-state index in [2.05, 4.69) is 25.6 Å². The number of rotatable bonds is 3. The molecule has 0 bridgehead atoms. The predicted octanol–water partition coefficient (Wildman–Crippen LogP) is 2.35. The molecule has 0 aromatic carbocycles. The molecule has 2 N–H and O–H groups in total. The highest BCUT2D eigenvalue weighted by Gasteiger charge is 2.17. The van der Waals surface area contributed by atoms with Crippen LogP contribution >= 0.6 is 0 Å². The zero-order chi connectivity index (χ0) is 13.1. The predicted molar refractivity (Wildman–Crippen MR) is 74.3 cm³/mol. The number of aromatic nitrogens is 3. The fourth-order valence-electron chi connectivity index (χ4n) is 2.22. The number of nitrogens with zero attached hydrogens (tertiary/aromatic N) is 3. The van der Waals surface area contributed by atoms with E-state index in [9.17, 15) is 0 Å². The van der Waals surface area contributed by atoms with Crippen LogP contribution in [0.4, 0.5) is 11.8 Å². The van der Waals surface area contributed by atoms with Crippen LogP contribution in [-0.4, -0.2) is 21.5 Å². The highest BCUT2D eigenvalue weighted by molar-refractivity contribution is 5.47. The van der Waals surface area contributed by atoms with Crippen LogP contribution in [0.5, 0.6) is 0 Å². The largest absolute Gasteiger partial charge is 0.309 e. The Balaban J connectivity index is 1.77. The lowest BCUT2D eigenvalue weighted by Crippen LogP contribution is -2.15. The Hall–Kier alpha value is -2.01. The summed E-state index contributed by atoms with van der Waals surface area (Å²) in [6, 6.07) is 6.27. The maximum Gasteiger partial charge on any atom is 0.228 e. The molecule has 3 rings (SSSR count). The van der Waals surface area contributed by atoms with Crippen molar-refractivity contribution in [2.45, 2.75) is 25.8 Å². The van der Waals surface area contributed by atoms with E-state index in [0.29, 0.717) is 12.0 Å². The average molecular weight is 255 g/mol. The first-order chi connectivity index (χ1) is 9.31. The van der Waals surface area contributed by atoms with Gasteiger partial charge >= 0.3 is 0 Å². The Morgan fingerprint density at radius 3 is 2.95 bits per heavy atom. The van der Waals surface area contributed by atoms with Gasteiger partial charge in [-0.3, -0.25) is 0 Å². The van der Waals surface area contributed by atoms with E-state index < -0.39 is 0 Å². The topological polar surface area (TPSA) is 62.7 Å². The molecule has 2 aromatic heterocycles. The molecule has 1 atom stereocenters. The summed E-state index contributed by atoms with van der Waals surface area (Å²) in [7, 11) is 0. The van der Waals surface area contributed by atoms with Crippen molar-refractivity contribution < 1.29 is 0 Å². The Kier molecular flexibility index (Phi) is 3.37. The zero-order valence-corrected chi connectivity index (χ0v) is 10.9. The van der Waals surface area contributed by atoms with Crippen molar-refractivity contribution in [3.05, 3.63) is 41.9 Å².